The van der Waals surface area contributed by atoms with Crippen LogP contribution in [0.5, 0.6) is 11.5 Å². The van der Waals surface area contributed by atoms with Gasteiger partial charge in [-0.3, -0.25) is 0 Å². The minimum atomic E-state index is -1.21. The quantitative estimate of drug-likeness (QED) is 0.257. The Balaban J connectivity index is 2.42. The Hall–Kier alpha value is -3.22. The molecule has 0 bridgehead atoms. The van der Waals surface area contributed by atoms with Crippen LogP contribution in [0.2, 0.25) is 0 Å². The van der Waals surface area contributed by atoms with Gasteiger partial charge in [-0.2, -0.15) is 0 Å². The van der Waals surface area contributed by atoms with E-state index in [1.54, 1.807) is 0 Å². The molecule has 0 saturated heterocycles. The van der Waals surface area contributed by atoms with Crippen LogP contribution in [-0.2, 0) is 5.41 Å². The average Bonchev–Trinajstić information content (AvgIpc) is 2.74. The van der Waals surface area contributed by atoms with Crippen LogP contribution >= 0.6 is 0 Å². The first-order valence-electron chi connectivity index (χ1n) is 11.3. The second kappa shape index (κ2) is 10.6. The normalized spacial score (nSPS) is 12.2. The highest BCUT2D eigenvalue weighted by Crippen LogP contribution is 2.37. The lowest BCUT2D eigenvalue weighted by Crippen LogP contribution is -2.27. The molecule has 3 N–H and O–H groups in total. The fraction of sp³-hybridized carbons (Fsp3) is 0.462. The fourth-order valence-corrected chi connectivity index (χ4v) is 3.92. The third-order valence-corrected chi connectivity index (χ3v) is 5.71. The number of phenols is 1. The molecule has 0 amide bonds. The molecule has 0 atom stereocenters. The van der Waals surface area contributed by atoms with Gasteiger partial charge in [-0.1, -0.05) is 45.8 Å². The summed E-state index contributed by atoms with van der Waals surface area (Å²) in [5.41, 5.74) is 3.45. The Morgan fingerprint density at radius 3 is 2.24 bits per heavy atom. The van der Waals surface area contributed by atoms with Crippen molar-refractivity contribution in [3.05, 3.63) is 52.6 Å². The van der Waals surface area contributed by atoms with Crippen molar-refractivity contribution in [2.45, 2.75) is 59.8 Å². The van der Waals surface area contributed by atoms with Crippen molar-refractivity contribution >= 4 is 17.4 Å². The molecule has 0 aliphatic heterocycles. The number of nitrogens with zero attached hydrogens (tertiary/aromatic N) is 2. The lowest BCUT2D eigenvalue weighted by Gasteiger charge is -2.30. The zero-order valence-electron chi connectivity index (χ0n) is 20.6. The van der Waals surface area contributed by atoms with Crippen LogP contribution < -0.4 is 9.64 Å². The first kappa shape index (κ1) is 26.0. The van der Waals surface area contributed by atoms with E-state index in [-0.39, 0.29) is 29.3 Å². The minimum Gasteiger partial charge on any atom is -0.507 e. The Bertz CT molecular complexity index is 1020. The number of hydrogen-bond acceptors (Lipinski definition) is 6. The number of carboxylic acids is 1. The molecule has 0 heterocycles. The van der Waals surface area contributed by atoms with Crippen LogP contribution in [0.25, 0.3) is 0 Å². The lowest BCUT2D eigenvalue weighted by molar-refractivity contribution is 0.0693. The van der Waals surface area contributed by atoms with Crippen molar-refractivity contribution in [3.8, 4) is 11.5 Å². The van der Waals surface area contributed by atoms with Crippen LogP contribution in [0, 0.1) is 0 Å². The molecule has 0 radical (unpaired) electrons. The second-order valence-electron chi connectivity index (χ2n) is 9.32. The van der Waals surface area contributed by atoms with Gasteiger partial charge in [0, 0.05) is 29.9 Å². The highest BCUT2D eigenvalue weighted by Gasteiger charge is 2.23. The van der Waals surface area contributed by atoms with Crippen molar-refractivity contribution in [1.29, 1.82) is 0 Å². The van der Waals surface area contributed by atoms with Gasteiger partial charge in [0.15, 0.2) is 0 Å². The zero-order chi connectivity index (χ0) is 24.9. The topological polar surface area (TPSA) is 103 Å². The fourth-order valence-electron chi connectivity index (χ4n) is 3.92. The van der Waals surface area contributed by atoms with E-state index in [1.165, 1.54) is 12.1 Å². The first-order valence-corrected chi connectivity index (χ1v) is 11.3. The number of anilines is 1. The van der Waals surface area contributed by atoms with Crippen LogP contribution in [0.1, 0.15) is 81.4 Å². The number of carbonyl (C=O) groups is 1. The lowest BCUT2D eigenvalue weighted by atomic mass is 9.84. The summed E-state index contributed by atoms with van der Waals surface area (Å²) in [5, 5.41) is 33.0. The third-order valence-electron chi connectivity index (χ3n) is 5.71. The van der Waals surface area contributed by atoms with Crippen molar-refractivity contribution < 1.29 is 25.0 Å². The van der Waals surface area contributed by atoms with E-state index in [0.29, 0.717) is 17.0 Å². The summed E-state index contributed by atoms with van der Waals surface area (Å²) < 4.78 is 5.91. The SMILES string of the molecule is CCN(CC)c1ccc(C(COc2ccc(C(=O)O)c(O)c2C(C)C)=NO)cc1C(C)(C)C. The first-order chi connectivity index (χ1) is 15.5. The summed E-state index contributed by atoms with van der Waals surface area (Å²) in [6.07, 6.45) is 0. The molecule has 7 nitrogen and oxygen atoms in total. The van der Waals surface area contributed by atoms with Crippen LogP contribution in [0.4, 0.5) is 5.69 Å². The van der Waals surface area contributed by atoms with Gasteiger partial charge in [-0.25, -0.2) is 4.79 Å². The Labute approximate surface area is 196 Å². The van der Waals surface area contributed by atoms with Crippen LogP contribution in [0.3, 0.4) is 0 Å². The maximum Gasteiger partial charge on any atom is 0.339 e. The van der Waals surface area contributed by atoms with Gasteiger partial charge >= 0.3 is 5.97 Å². The Morgan fingerprint density at radius 1 is 1.12 bits per heavy atom. The largest absolute Gasteiger partial charge is 0.507 e. The average molecular weight is 457 g/mol. The minimum absolute atomic E-state index is 0.0454. The molecule has 0 unspecified atom stereocenters. The number of benzene rings is 2. The molecule has 0 aromatic heterocycles. The molecule has 0 fully saturated rings. The molecule has 7 heteroatoms. The van der Waals surface area contributed by atoms with E-state index in [4.69, 9.17) is 4.74 Å². The number of oxime groups is 1. The van der Waals surface area contributed by atoms with E-state index in [1.807, 2.05) is 32.0 Å². The zero-order valence-corrected chi connectivity index (χ0v) is 20.6. The smallest absolute Gasteiger partial charge is 0.339 e. The maximum atomic E-state index is 11.4. The van der Waals surface area contributed by atoms with Gasteiger partial charge in [0.1, 0.15) is 29.4 Å². The predicted octanol–water partition coefficient (Wildman–Crippen LogP) is 5.61. The van der Waals surface area contributed by atoms with Crippen molar-refractivity contribution in [3.63, 3.8) is 0 Å². The number of ether oxygens (including phenoxy) is 1. The molecule has 2 rings (SSSR count). The molecule has 180 valence electrons. The van der Waals surface area contributed by atoms with Crippen molar-refractivity contribution in [2.75, 3.05) is 24.6 Å². The Kier molecular flexibility index (Phi) is 8.36. The van der Waals surface area contributed by atoms with Gasteiger partial charge in [0.25, 0.3) is 0 Å². The standard InChI is InChI=1S/C26H36N2O5/c1-8-28(9-2)21-12-10-17(14-19(21)26(5,6)7)20(27-32)15-33-22-13-11-18(25(30)31)24(29)23(22)16(3)4/h10-14,16,29,32H,8-9,15H2,1-7H3,(H,30,31). The third kappa shape index (κ3) is 5.78. The summed E-state index contributed by atoms with van der Waals surface area (Å²) in [7, 11) is 0. The number of carboxylic acid groups (broad SMARTS) is 1. The van der Waals surface area contributed by atoms with E-state index in [0.717, 1.165) is 29.9 Å². The molecule has 0 aliphatic carbocycles. The maximum absolute atomic E-state index is 11.4. The number of rotatable bonds is 9. The highest BCUT2D eigenvalue weighted by molar-refractivity contribution is 6.02. The number of hydrogen-bond donors (Lipinski definition) is 3. The summed E-state index contributed by atoms with van der Waals surface area (Å²) in [6, 6.07) is 8.82. The van der Waals surface area contributed by atoms with Crippen LogP contribution in [0.15, 0.2) is 35.5 Å². The molecular weight excluding hydrogens is 420 g/mol. The van der Waals surface area contributed by atoms with E-state index in [2.05, 4.69) is 44.7 Å². The molecule has 0 aliphatic rings. The molecular formula is C26H36N2O5. The second-order valence-corrected chi connectivity index (χ2v) is 9.32. The van der Waals surface area contributed by atoms with E-state index < -0.39 is 5.97 Å². The molecule has 0 spiro atoms. The molecule has 2 aromatic carbocycles. The summed E-state index contributed by atoms with van der Waals surface area (Å²) in [4.78, 5) is 13.7. The number of aromatic hydroxyl groups is 1. The molecule has 2 aromatic rings. The van der Waals surface area contributed by atoms with E-state index in [9.17, 15) is 20.2 Å². The van der Waals surface area contributed by atoms with Gasteiger partial charge in [0.05, 0.1) is 0 Å². The van der Waals surface area contributed by atoms with Crippen LogP contribution in [-0.4, -0.2) is 46.8 Å². The highest BCUT2D eigenvalue weighted by atomic mass is 16.5. The molecule has 33 heavy (non-hydrogen) atoms. The number of aromatic carboxylic acids is 1. The molecule has 0 saturated carbocycles. The monoisotopic (exact) mass is 456 g/mol. The summed E-state index contributed by atoms with van der Waals surface area (Å²) in [5.74, 6) is -1.34. The summed E-state index contributed by atoms with van der Waals surface area (Å²) >= 11 is 0. The van der Waals surface area contributed by atoms with E-state index >= 15 is 0 Å². The van der Waals surface area contributed by atoms with Gasteiger partial charge in [-0.15, -0.1) is 0 Å². The Morgan fingerprint density at radius 2 is 1.76 bits per heavy atom. The predicted molar refractivity (Wildman–Crippen MR) is 132 cm³/mol. The van der Waals surface area contributed by atoms with Gasteiger partial charge in [0.2, 0.25) is 0 Å². The van der Waals surface area contributed by atoms with Crippen molar-refractivity contribution in [1.82, 2.24) is 0 Å². The van der Waals surface area contributed by atoms with Crippen molar-refractivity contribution in [2.24, 2.45) is 5.16 Å². The van der Waals surface area contributed by atoms with Gasteiger partial charge < -0.3 is 25.1 Å². The van der Waals surface area contributed by atoms with Gasteiger partial charge in [-0.05, 0) is 55.0 Å². The summed E-state index contributed by atoms with van der Waals surface area (Å²) in [6.45, 7) is 16.1.